The Kier molecular flexibility index (Phi) is 6.21. The fraction of sp³-hybridized carbons (Fsp3) is 0.238. The highest BCUT2D eigenvalue weighted by Crippen LogP contribution is 2.22. The van der Waals surface area contributed by atoms with E-state index < -0.39 is 5.97 Å². The van der Waals surface area contributed by atoms with Gasteiger partial charge in [0.2, 0.25) is 0 Å². The van der Waals surface area contributed by atoms with Crippen LogP contribution in [0.4, 0.5) is 0 Å². The van der Waals surface area contributed by atoms with E-state index in [0.717, 1.165) is 22.9 Å². The molecule has 1 atom stereocenters. The topological polar surface area (TPSA) is 62.2 Å². The molecule has 26 heavy (non-hydrogen) atoms. The molecular weight excluding hydrogens is 348 g/mol. The maximum absolute atomic E-state index is 11.0. The number of hydrogen-bond acceptors (Lipinski definition) is 3. The minimum Gasteiger partial charge on any atom is -0.481 e. The van der Waals surface area contributed by atoms with Crippen molar-refractivity contribution in [3.63, 3.8) is 0 Å². The molecule has 134 valence electrons. The lowest BCUT2D eigenvalue weighted by atomic mass is 10.0. The molecule has 3 aromatic rings. The van der Waals surface area contributed by atoms with E-state index in [1.54, 1.807) is 6.20 Å². The molecule has 0 aliphatic rings. The first-order valence-electron chi connectivity index (χ1n) is 8.64. The van der Waals surface area contributed by atoms with Gasteiger partial charge in [0.25, 0.3) is 0 Å². The molecule has 2 N–H and O–H groups in total. The van der Waals surface area contributed by atoms with E-state index in [0.29, 0.717) is 18.0 Å². The predicted octanol–water partition coefficient (Wildman–Crippen LogP) is 4.45. The number of fused-ring (bicyclic) bond motifs is 1. The molecule has 0 aliphatic carbocycles. The minimum atomic E-state index is -0.778. The van der Waals surface area contributed by atoms with Crippen molar-refractivity contribution in [1.29, 1.82) is 0 Å². The van der Waals surface area contributed by atoms with Gasteiger partial charge in [-0.15, -0.1) is 0 Å². The van der Waals surface area contributed by atoms with Crippen LogP contribution in [0.3, 0.4) is 0 Å². The first-order valence-corrected chi connectivity index (χ1v) is 9.02. The highest BCUT2D eigenvalue weighted by atomic mass is 35.5. The summed E-state index contributed by atoms with van der Waals surface area (Å²) in [4.78, 5) is 15.5. The Morgan fingerprint density at radius 1 is 1.15 bits per heavy atom. The van der Waals surface area contributed by atoms with Crippen molar-refractivity contribution in [3.8, 4) is 0 Å². The van der Waals surface area contributed by atoms with Gasteiger partial charge in [-0.05, 0) is 42.2 Å². The number of nitrogens with zero attached hydrogens (tertiary/aromatic N) is 1. The van der Waals surface area contributed by atoms with Crippen LogP contribution in [0, 0.1) is 0 Å². The van der Waals surface area contributed by atoms with Gasteiger partial charge < -0.3 is 10.4 Å². The number of halogens is 1. The molecule has 5 heteroatoms. The van der Waals surface area contributed by atoms with Crippen LogP contribution in [0.25, 0.3) is 10.9 Å². The van der Waals surface area contributed by atoms with Crippen LogP contribution in [0.1, 0.15) is 24.0 Å². The maximum Gasteiger partial charge on any atom is 0.303 e. The molecule has 0 saturated carbocycles. The monoisotopic (exact) mass is 368 g/mol. The summed E-state index contributed by atoms with van der Waals surface area (Å²) >= 11 is 6.24. The Labute approximate surface area is 157 Å². The minimum absolute atomic E-state index is 0.0613. The largest absolute Gasteiger partial charge is 0.481 e. The number of carboxylic acid groups (broad SMARTS) is 1. The molecule has 0 amide bonds. The number of aromatic nitrogens is 1. The first kappa shape index (κ1) is 18.4. The van der Waals surface area contributed by atoms with Gasteiger partial charge in [0.15, 0.2) is 0 Å². The second-order valence-electron chi connectivity index (χ2n) is 6.34. The lowest BCUT2D eigenvalue weighted by Gasteiger charge is -2.19. The Morgan fingerprint density at radius 2 is 1.96 bits per heavy atom. The fourth-order valence-electron chi connectivity index (χ4n) is 3.09. The summed E-state index contributed by atoms with van der Waals surface area (Å²) < 4.78 is 0. The molecule has 0 radical (unpaired) electrons. The molecule has 0 bridgehead atoms. The van der Waals surface area contributed by atoms with Gasteiger partial charge in [0.05, 0.1) is 5.52 Å². The Bertz CT molecular complexity index is 884. The van der Waals surface area contributed by atoms with Crippen molar-refractivity contribution in [2.75, 3.05) is 0 Å². The molecule has 2 aromatic carbocycles. The SMILES string of the molecule is O=C(O)CCC(Cc1ccccc1)NCc1cc(Cl)cc2cccnc12. The van der Waals surface area contributed by atoms with Crippen LogP contribution in [-0.4, -0.2) is 22.1 Å². The van der Waals surface area contributed by atoms with Crippen molar-refractivity contribution in [1.82, 2.24) is 10.3 Å². The van der Waals surface area contributed by atoms with Crippen molar-refractivity contribution in [2.24, 2.45) is 0 Å². The van der Waals surface area contributed by atoms with Crippen LogP contribution in [0.5, 0.6) is 0 Å². The van der Waals surface area contributed by atoms with E-state index >= 15 is 0 Å². The molecule has 1 heterocycles. The average molecular weight is 369 g/mol. The zero-order valence-corrected chi connectivity index (χ0v) is 15.1. The van der Waals surface area contributed by atoms with Gasteiger partial charge in [-0.1, -0.05) is 48.0 Å². The molecule has 4 nitrogen and oxygen atoms in total. The zero-order chi connectivity index (χ0) is 18.4. The molecule has 0 saturated heterocycles. The lowest BCUT2D eigenvalue weighted by Crippen LogP contribution is -2.31. The summed E-state index contributed by atoms with van der Waals surface area (Å²) in [7, 11) is 0. The van der Waals surface area contributed by atoms with Crippen LogP contribution >= 0.6 is 11.6 Å². The van der Waals surface area contributed by atoms with Crippen LogP contribution in [-0.2, 0) is 17.8 Å². The number of carbonyl (C=O) groups is 1. The zero-order valence-electron chi connectivity index (χ0n) is 14.4. The summed E-state index contributed by atoms with van der Waals surface area (Å²) in [6, 6.07) is 17.9. The summed E-state index contributed by atoms with van der Waals surface area (Å²) in [6.45, 7) is 0.588. The van der Waals surface area contributed by atoms with Gasteiger partial charge in [-0.25, -0.2) is 0 Å². The Balaban J connectivity index is 1.75. The summed E-state index contributed by atoms with van der Waals surface area (Å²) in [6.07, 6.45) is 3.25. The van der Waals surface area contributed by atoms with Gasteiger partial charge >= 0.3 is 5.97 Å². The standard InChI is InChI=1S/C21H21ClN2O2/c22-18-12-16-7-4-10-23-21(16)17(13-18)14-24-19(8-9-20(25)26)11-15-5-2-1-3-6-15/h1-7,10,12-13,19,24H,8-9,11,14H2,(H,25,26). The third-order valence-corrected chi connectivity index (χ3v) is 4.58. The smallest absolute Gasteiger partial charge is 0.303 e. The van der Waals surface area contributed by atoms with Crippen molar-refractivity contribution in [3.05, 3.63) is 76.9 Å². The molecule has 0 aliphatic heterocycles. The highest BCUT2D eigenvalue weighted by Gasteiger charge is 2.13. The first-order chi connectivity index (χ1) is 12.6. The van der Waals surface area contributed by atoms with E-state index in [1.165, 1.54) is 5.56 Å². The number of pyridine rings is 1. The van der Waals surface area contributed by atoms with Crippen LogP contribution in [0.15, 0.2) is 60.8 Å². The van der Waals surface area contributed by atoms with Gasteiger partial charge in [-0.3, -0.25) is 9.78 Å². The molecule has 0 spiro atoms. The molecular formula is C21H21ClN2O2. The Hall–Kier alpha value is -2.43. The fourth-order valence-corrected chi connectivity index (χ4v) is 3.34. The van der Waals surface area contributed by atoms with E-state index in [1.807, 2.05) is 42.5 Å². The van der Waals surface area contributed by atoms with Gasteiger partial charge in [0.1, 0.15) is 0 Å². The highest BCUT2D eigenvalue weighted by molar-refractivity contribution is 6.31. The van der Waals surface area contributed by atoms with Crippen LogP contribution < -0.4 is 5.32 Å². The summed E-state index contributed by atoms with van der Waals surface area (Å²) in [5.41, 5.74) is 3.12. The number of carboxylic acids is 1. The number of nitrogens with one attached hydrogen (secondary N) is 1. The van der Waals surface area contributed by atoms with E-state index in [-0.39, 0.29) is 12.5 Å². The molecule has 1 aromatic heterocycles. The van der Waals surface area contributed by atoms with Crippen LogP contribution in [0.2, 0.25) is 5.02 Å². The Morgan fingerprint density at radius 3 is 2.73 bits per heavy atom. The van der Waals surface area contributed by atoms with Gasteiger partial charge in [-0.2, -0.15) is 0 Å². The van der Waals surface area contributed by atoms with E-state index in [9.17, 15) is 4.79 Å². The second-order valence-corrected chi connectivity index (χ2v) is 6.78. The molecule has 1 unspecified atom stereocenters. The van der Waals surface area contributed by atoms with Crippen molar-refractivity contribution in [2.45, 2.75) is 31.8 Å². The summed E-state index contributed by atoms with van der Waals surface area (Å²) in [5, 5.41) is 14.2. The van der Waals surface area contributed by atoms with Crippen molar-refractivity contribution >= 4 is 28.5 Å². The van der Waals surface area contributed by atoms with Gasteiger partial charge in [0, 0.05) is 35.6 Å². The quantitative estimate of drug-likeness (QED) is 0.616. The van der Waals surface area contributed by atoms with Crippen molar-refractivity contribution < 1.29 is 9.90 Å². The predicted molar refractivity (Wildman–Crippen MR) is 104 cm³/mol. The van der Waals surface area contributed by atoms with E-state index in [4.69, 9.17) is 16.7 Å². The number of benzene rings is 2. The second kappa shape index (κ2) is 8.79. The number of aliphatic carboxylic acids is 1. The average Bonchev–Trinajstić information content (AvgIpc) is 2.64. The maximum atomic E-state index is 11.0. The summed E-state index contributed by atoms with van der Waals surface area (Å²) in [5.74, 6) is -0.778. The number of rotatable bonds is 8. The van der Waals surface area contributed by atoms with E-state index in [2.05, 4.69) is 22.4 Å². The molecule has 0 fully saturated rings. The third-order valence-electron chi connectivity index (χ3n) is 4.36. The third kappa shape index (κ3) is 5.04. The molecule has 3 rings (SSSR count). The normalized spacial score (nSPS) is 12.2. The number of hydrogen-bond donors (Lipinski definition) is 2. The lowest BCUT2D eigenvalue weighted by molar-refractivity contribution is -0.137.